The molecule has 0 atom stereocenters. The SMILES string of the molecule is CCN(CCCCCN)CCCN(C)C. The third kappa shape index (κ3) is 10.2. The van der Waals surface area contributed by atoms with Crippen LogP contribution < -0.4 is 5.73 Å². The molecule has 92 valence electrons. The van der Waals surface area contributed by atoms with E-state index in [0.717, 1.165) is 6.54 Å². The van der Waals surface area contributed by atoms with Gasteiger partial charge in [-0.25, -0.2) is 0 Å². The highest BCUT2D eigenvalue weighted by atomic mass is 15.1. The third-order valence-corrected chi connectivity index (χ3v) is 2.71. The summed E-state index contributed by atoms with van der Waals surface area (Å²) < 4.78 is 0. The Kier molecular flexibility index (Phi) is 10.3. The summed E-state index contributed by atoms with van der Waals surface area (Å²) in [6, 6.07) is 0. The number of nitrogens with zero attached hydrogens (tertiary/aromatic N) is 2. The lowest BCUT2D eigenvalue weighted by Crippen LogP contribution is -2.28. The van der Waals surface area contributed by atoms with Gasteiger partial charge >= 0.3 is 0 Å². The number of hydrogen-bond acceptors (Lipinski definition) is 3. The summed E-state index contributed by atoms with van der Waals surface area (Å²) in [5, 5.41) is 0. The van der Waals surface area contributed by atoms with E-state index >= 15 is 0 Å². The quantitative estimate of drug-likeness (QED) is 0.559. The van der Waals surface area contributed by atoms with E-state index in [1.807, 2.05) is 0 Å². The lowest BCUT2D eigenvalue weighted by Gasteiger charge is -2.21. The predicted molar refractivity (Wildman–Crippen MR) is 68.2 cm³/mol. The maximum Gasteiger partial charge on any atom is -0.000667 e. The van der Waals surface area contributed by atoms with Gasteiger partial charge in [-0.15, -0.1) is 0 Å². The first-order valence-corrected chi connectivity index (χ1v) is 6.27. The summed E-state index contributed by atoms with van der Waals surface area (Å²) in [4.78, 5) is 4.79. The van der Waals surface area contributed by atoms with Crippen molar-refractivity contribution in [1.82, 2.24) is 9.80 Å². The minimum Gasteiger partial charge on any atom is -0.330 e. The van der Waals surface area contributed by atoms with Gasteiger partial charge in [0.2, 0.25) is 0 Å². The minimum atomic E-state index is 0.840. The van der Waals surface area contributed by atoms with Crippen molar-refractivity contribution < 1.29 is 0 Å². The van der Waals surface area contributed by atoms with Gasteiger partial charge in [-0.3, -0.25) is 0 Å². The normalized spacial score (nSPS) is 11.6. The Balaban J connectivity index is 3.38. The fourth-order valence-electron chi connectivity index (χ4n) is 1.70. The van der Waals surface area contributed by atoms with E-state index in [2.05, 4.69) is 30.8 Å². The van der Waals surface area contributed by atoms with Gasteiger partial charge in [0.05, 0.1) is 0 Å². The molecule has 3 nitrogen and oxygen atoms in total. The molecule has 15 heavy (non-hydrogen) atoms. The molecule has 0 heterocycles. The van der Waals surface area contributed by atoms with Crippen molar-refractivity contribution in [2.45, 2.75) is 32.6 Å². The molecule has 0 saturated carbocycles. The molecular formula is C12H29N3. The Hall–Kier alpha value is -0.120. The molecule has 0 unspecified atom stereocenters. The Bertz CT molecular complexity index is 126. The molecule has 0 aliphatic rings. The van der Waals surface area contributed by atoms with Crippen LogP contribution >= 0.6 is 0 Å². The Morgan fingerprint density at radius 2 is 1.53 bits per heavy atom. The standard InChI is InChI=1S/C12H29N3/c1-4-15(11-7-5-6-9-13)12-8-10-14(2)3/h4-13H2,1-3H3. The van der Waals surface area contributed by atoms with E-state index in [-0.39, 0.29) is 0 Å². The summed E-state index contributed by atoms with van der Waals surface area (Å²) in [5.41, 5.74) is 5.47. The average Bonchev–Trinajstić information content (AvgIpc) is 2.21. The van der Waals surface area contributed by atoms with Crippen LogP contribution in [0, 0.1) is 0 Å². The van der Waals surface area contributed by atoms with Gasteiger partial charge in [0.15, 0.2) is 0 Å². The van der Waals surface area contributed by atoms with Crippen LogP contribution in [0.15, 0.2) is 0 Å². The molecule has 0 aliphatic heterocycles. The molecule has 0 aromatic rings. The van der Waals surface area contributed by atoms with E-state index < -0.39 is 0 Å². The predicted octanol–water partition coefficient (Wildman–Crippen LogP) is 1.39. The zero-order chi connectivity index (χ0) is 11.5. The summed E-state index contributed by atoms with van der Waals surface area (Å²) in [7, 11) is 4.27. The fraction of sp³-hybridized carbons (Fsp3) is 1.00. The van der Waals surface area contributed by atoms with Crippen LogP contribution in [0.5, 0.6) is 0 Å². The maximum absolute atomic E-state index is 5.47. The van der Waals surface area contributed by atoms with Crippen LogP contribution in [0.25, 0.3) is 0 Å². The van der Waals surface area contributed by atoms with E-state index in [9.17, 15) is 0 Å². The van der Waals surface area contributed by atoms with Crippen LogP contribution in [0.3, 0.4) is 0 Å². The molecule has 0 bridgehead atoms. The number of unbranched alkanes of at least 4 members (excludes halogenated alkanes) is 2. The molecule has 0 aromatic heterocycles. The van der Waals surface area contributed by atoms with Gasteiger partial charge in [0.25, 0.3) is 0 Å². The molecule has 0 fully saturated rings. The second-order valence-corrected chi connectivity index (χ2v) is 4.44. The van der Waals surface area contributed by atoms with Crippen molar-refractivity contribution in [3.05, 3.63) is 0 Å². The second kappa shape index (κ2) is 10.4. The molecule has 3 heteroatoms. The molecule has 0 saturated heterocycles. The van der Waals surface area contributed by atoms with E-state index in [1.54, 1.807) is 0 Å². The fourth-order valence-corrected chi connectivity index (χ4v) is 1.70. The summed E-state index contributed by atoms with van der Waals surface area (Å²) >= 11 is 0. The van der Waals surface area contributed by atoms with Crippen LogP contribution in [0.2, 0.25) is 0 Å². The van der Waals surface area contributed by atoms with Crippen LogP contribution in [-0.4, -0.2) is 56.6 Å². The number of nitrogens with two attached hydrogens (primary N) is 1. The Morgan fingerprint density at radius 3 is 2.07 bits per heavy atom. The Labute approximate surface area is 95.6 Å². The summed E-state index contributed by atoms with van der Waals surface area (Å²) in [6.07, 6.45) is 5.03. The lowest BCUT2D eigenvalue weighted by atomic mass is 10.2. The van der Waals surface area contributed by atoms with Crippen molar-refractivity contribution in [3.8, 4) is 0 Å². The summed E-state index contributed by atoms with van der Waals surface area (Å²) in [6.45, 7) is 7.93. The maximum atomic E-state index is 5.47. The lowest BCUT2D eigenvalue weighted by molar-refractivity contribution is 0.261. The van der Waals surface area contributed by atoms with E-state index in [0.29, 0.717) is 0 Å². The second-order valence-electron chi connectivity index (χ2n) is 4.44. The molecule has 0 amide bonds. The zero-order valence-electron chi connectivity index (χ0n) is 10.8. The first-order chi connectivity index (χ1) is 7.20. The molecule has 0 rings (SSSR count). The Morgan fingerprint density at radius 1 is 0.867 bits per heavy atom. The molecule has 2 N–H and O–H groups in total. The number of rotatable bonds is 10. The van der Waals surface area contributed by atoms with Gasteiger partial charge in [-0.1, -0.05) is 13.3 Å². The van der Waals surface area contributed by atoms with Crippen molar-refractivity contribution in [2.75, 3.05) is 46.8 Å². The van der Waals surface area contributed by atoms with Gasteiger partial charge in [0.1, 0.15) is 0 Å². The van der Waals surface area contributed by atoms with Crippen molar-refractivity contribution in [2.24, 2.45) is 5.73 Å². The number of hydrogen-bond donors (Lipinski definition) is 1. The van der Waals surface area contributed by atoms with Crippen LogP contribution in [0.1, 0.15) is 32.6 Å². The average molecular weight is 215 g/mol. The van der Waals surface area contributed by atoms with E-state index in [1.165, 1.54) is 51.9 Å². The molecular weight excluding hydrogens is 186 g/mol. The summed E-state index contributed by atoms with van der Waals surface area (Å²) in [5.74, 6) is 0. The van der Waals surface area contributed by atoms with E-state index in [4.69, 9.17) is 5.73 Å². The molecule has 0 spiro atoms. The minimum absolute atomic E-state index is 0.840. The largest absolute Gasteiger partial charge is 0.330 e. The van der Waals surface area contributed by atoms with Crippen molar-refractivity contribution in [1.29, 1.82) is 0 Å². The highest BCUT2D eigenvalue weighted by Gasteiger charge is 2.01. The molecule has 0 aliphatic carbocycles. The molecule has 0 radical (unpaired) electrons. The van der Waals surface area contributed by atoms with Gasteiger partial charge in [0, 0.05) is 0 Å². The first-order valence-electron chi connectivity index (χ1n) is 6.27. The smallest absolute Gasteiger partial charge is 0.000667 e. The van der Waals surface area contributed by atoms with Crippen LogP contribution in [0.4, 0.5) is 0 Å². The van der Waals surface area contributed by atoms with Gasteiger partial charge < -0.3 is 15.5 Å². The highest BCUT2D eigenvalue weighted by Crippen LogP contribution is 1.99. The van der Waals surface area contributed by atoms with Crippen molar-refractivity contribution >= 4 is 0 Å². The topological polar surface area (TPSA) is 32.5 Å². The van der Waals surface area contributed by atoms with Crippen molar-refractivity contribution in [3.63, 3.8) is 0 Å². The highest BCUT2D eigenvalue weighted by molar-refractivity contribution is 4.57. The monoisotopic (exact) mass is 215 g/mol. The van der Waals surface area contributed by atoms with Crippen LogP contribution in [-0.2, 0) is 0 Å². The first kappa shape index (κ1) is 14.9. The van der Waals surface area contributed by atoms with Gasteiger partial charge in [-0.05, 0) is 66.1 Å². The molecule has 0 aromatic carbocycles. The zero-order valence-corrected chi connectivity index (χ0v) is 10.8. The van der Waals surface area contributed by atoms with Gasteiger partial charge in [-0.2, -0.15) is 0 Å². The third-order valence-electron chi connectivity index (χ3n) is 2.71.